The fourth-order valence-electron chi connectivity index (χ4n) is 1.68. The van der Waals surface area contributed by atoms with Crippen LogP contribution in [-0.4, -0.2) is 68.7 Å². The van der Waals surface area contributed by atoms with E-state index in [4.69, 9.17) is 40.2 Å². The van der Waals surface area contributed by atoms with Crippen molar-refractivity contribution in [3.05, 3.63) is 48.5 Å². The third-order valence-corrected chi connectivity index (χ3v) is 3.07. The van der Waals surface area contributed by atoms with Crippen LogP contribution < -0.4 is 21.9 Å². The smallest absolute Gasteiger partial charge is 0.423 e. The molecular formula is C12H16B4O8. The molecule has 0 radical (unpaired) electrons. The molecule has 8 N–H and O–H groups in total. The van der Waals surface area contributed by atoms with Crippen LogP contribution in [0.2, 0.25) is 0 Å². The summed E-state index contributed by atoms with van der Waals surface area (Å²) in [5, 5.41) is 69.5. The van der Waals surface area contributed by atoms with E-state index in [1.807, 2.05) is 0 Å². The topological polar surface area (TPSA) is 162 Å². The molecule has 2 aromatic rings. The second-order valence-corrected chi connectivity index (χ2v) is 4.83. The van der Waals surface area contributed by atoms with Crippen molar-refractivity contribution in [1.82, 2.24) is 0 Å². The molecule has 24 heavy (non-hydrogen) atoms. The molecule has 2 rings (SSSR count). The summed E-state index contributed by atoms with van der Waals surface area (Å²) < 4.78 is 0. The van der Waals surface area contributed by atoms with Gasteiger partial charge in [0.25, 0.3) is 0 Å². The second kappa shape index (κ2) is 9.62. The van der Waals surface area contributed by atoms with Crippen molar-refractivity contribution >= 4 is 50.3 Å². The van der Waals surface area contributed by atoms with Crippen LogP contribution in [0.25, 0.3) is 0 Å². The summed E-state index contributed by atoms with van der Waals surface area (Å²) in [5.41, 5.74) is 1.28. The molecule has 0 saturated heterocycles. The van der Waals surface area contributed by atoms with Gasteiger partial charge in [0.15, 0.2) is 0 Å². The molecule has 0 bridgehead atoms. The van der Waals surface area contributed by atoms with E-state index in [2.05, 4.69) is 0 Å². The summed E-state index contributed by atoms with van der Waals surface area (Å²) in [7, 11) is -6.07. The molecule has 0 heterocycles. The Balaban J connectivity index is 0.000000240. The van der Waals surface area contributed by atoms with Crippen LogP contribution in [0.3, 0.4) is 0 Å². The van der Waals surface area contributed by atoms with Crippen LogP contribution in [0.1, 0.15) is 0 Å². The van der Waals surface area contributed by atoms with Gasteiger partial charge in [-0.2, -0.15) is 0 Å². The Morgan fingerprint density at radius 1 is 0.333 bits per heavy atom. The normalized spacial score (nSPS) is 9.67. The maximum Gasteiger partial charge on any atom is 0.488 e. The van der Waals surface area contributed by atoms with Crippen LogP contribution in [0.15, 0.2) is 48.5 Å². The number of rotatable bonds is 4. The third-order valence-electron chi connectivity index (χ3n) is 3.07. The van der Waals surface area contributed by atoms with E-state index in [0.29, 0.717) is 21.9 Å². The van der Waals surface area contributed by atoms with Crippen molar-refractivity contribution in [1.29, 1.82) is 0 Å². The lowest BCUT2D eigenvalue weighted by molar-refractivity contribution is 0.423. The van der Waals surface area contributed by atoms with Crippen molar-refractivity contribution < 1.29 is 40.2 Å². The molecule has 0 aliphatic carbocycles. The molecule has 8 nitrogen and oxygen atoms in total. The summed E-state index contributed by atoms with van der Waals surface area (Å²) in [6, 6.07) is 11.3. The van der Waals surface area contributed by atoms with Gasteiger partial charge in [-0.1, -0.05) is 48.5 Å². The van der Waals surface area contributed by atoms with Crippen LogP contribution >= 0.6 is 0 Å². The average molecular weight is 332 g/mol. The van der Waals surface area contributed by atoms with E-state index in [0.717, 1.165) is 0 Å². The molecule has 0 unspecified atom stereocenters. The zero-order valence-corrected chi connectivity index (χ0v) is 12.5. The van der Waals surface area contributed by atoms with Crippen molar-refractivity contribution in [2.24, 2.45) is 0 Å². The van der Waals surface area contributed by atoms with E-state index >= 15 is 0 Å². The monoisotopic (exact) mass is 332 g/mol. The average Bonchev–Trinajstić information content (AvgIpc) is 2.55. The quantitative estimate of drug-likeness (QED) is 0.257. The first-order valence-electron chi connectivity index (χ1n) is 6.86. The molecular weight excluding hydrogens is 315 g/mol. The molecule has 2 aromatic carbocycles. The molecule has 0 amide bonds. The Hall–Kier alpha value is -1.62. The van der Waals surface area contributed by atoms with Crippen molar-refractivity contribution in [3.8, 4) is 0 Å². The summed E-state index contributed by atoms with van der Waals surface area (Å²) in [5.74, 6) is 0. The Morgan fingerprint density at radius 2 is 0.458 bits per heavy atom. The van der Waals surface area contributed by atoms with Gasteiger partial charge in [0, 0.05) is 0 Å². The minimum atomic E-state index is -1.52. The van der Waals surface area contributed by atoms with Gasteiger partial charge in [-0.15, -0.1) is 0 Å². The predicted molar refractivity (Wildman–Crippen MR) is 92.2 cm³/mol. The van der Waals surface area contributed by atoms with Gasteiger partial charge >= 0.3 is 28.5 Å². The highest BCUT2D eigenvalue weighted by molar-refractivity contribution is 6.61. The molecule has 0 aromatic heterocycles. The molecule has 0 spiro atoms. The molecule has 12 heteroatoms. The molecule has 124 valence electrons. The van der Waals surface area contributed by atoms with E-state index in [1.165, 1.54) is 48.5 Å². The Morgan fingerprint density at radius 3 is 0.542 bits per heavy atom. The van der Waals surface area contributed by atoms with E-state index in [-0.39, 0.29) is 0 Å². The second-order valence-electron chi connectivity index (χ2n) is 4.83. The minimum absolute atomic E-state index is 0.319. The van der Waals surface area contributed by atoms with Gasteiger partial charge in [0.1, 0.15) is 0 Å². The molecule has 0 aliphatic heterocycles. The fourth-order valence-corrected chi connectivity index (χ4v) is 1.68. The van der Waals surface area contributed by atoms with Gasteiger partial charge in [0.05, 0.1) is 0 Å². The number of benzene rings is 2. The van der Waals surface area contributed by atoms with Gasteiger partial charge < -0.3 is 40.2 Å². The predicted octanol–water partition coefficient (Wildman–Crippen LogP) is -5.91. The first kappa shape index (κ1) is 20.4. The van der Waals surface area contributed by atoms with E-state index < -0.39 is 28.5 Å². The molecule has 0 atom stereocenters. The lowest BCUT2D eigenvalue weighted by atomic mass is 9.75. The standard InChI is InChI=1S/2C6H8B2O4/c2*9-7(10)5-1-2-6(4-3-5)8(11)12/h2*1-4,9-12H. The van der Waals surface area contributed by atoms with Gasteiger partial charge in [-0.05, 0) is 21.9 Å². The summed E-state index contributed by atoms with van der Waals surface area (Å²) in [6.07, 6.45) is 0. The summed E-state index contributed by atoms with van der Waals surface area (Å²) in [6.45, 7) is 0. The van der Waals surface area contributed by atoms with Crippen molar-refractivity contribution in [2.75, 3.05) is 0 Å². The molecule has 0 saturated carbocycles. The Bertz CT molecular complexity index is 494. The molecule has 0 fully saturated rings. The first-order valence-corrected chi connectivity index (χ1v) is 6.86. The van der Waals surface area contributed by atoms with E-state index in [9.17, 15) is 0 Å². The highest BCUT2D eigenvalue weighted by atomic mass is 16.4. The lowest BCUT2D eigenvalue weighted by Gasteiger charge is -2.01. The highest BCUT2D eigenvalue weighted by Gasteiger charge is 2.14. The van der Waals surface area contributed by atoms with Crippen LogP contribution in [0, 0.1) is 0 Å². The fraction of sp³-hybridized carbons (Fsp3) is 0. The summed E-state index contributed by atoms with van der Waals surface area (Å²) >= 11 is 0. The first-order chi connectivity index (χ1) is 11.2. The zero-order valence-electron chi connectivity index (χ0n) is 12.5. The van der Waals surface area contributed by atoms with Crippen LogP contribution in [0.4, 0.5) is 0 Å². The van der Waals surface area contributed by atoms with Crippen molar-refractivity contribution in [3.63, 3.8) is 0 Å². The highest BCUT2D eigenvalue weighted by Crippen LogP contribution is 1.84. The van der Waals surface area contributed by atoms with Gasteiger partial charge in [0.2, 0.25) is 0 Å². The molecule has 0 aliphatic rings. The zero-order chi connectivity index (χ0) is 18.3. The largest absolute Gasteiger partial charge is 0.488 e. The Labute approximate surface area is 139 Å². The number of hydrogen-bond donors (Lipinski definition) is 8. The summed E-state index contributed by atoms with van der Waals surface area (Å²) in [4.78, 5) is 0. The lowest BCUT2D eigenvalue weighted by Crippen LogP contribution is -2.34. The SMILES string of the molecule is OB(O)c1ccc(B(O)O)cc1.OB(O)c1ccc(B(O)O)cc1. The maximum absolute atomic E-state index is 8.68. The van der Waals surface area contributed by atoms with E-state index in [1.54, 1.807) is 0 Å². The van der Waals surface area contributed by atoms with Crippen LogP contribution in [-0.2, 0) is 0 Å². The third kappa shape index (κ3) is 6.48. The number of hydrogen-bond acceptors (Lipinski definition) is 8. The Kier molecular flexibility index (Phi) is 8.19. The van der Waals surface area contributed by atoms with Gasteiger partial charge in [-0.25, -0.2) is 0 Å². The van der Waals surface area contributed by atoms with Crippen molar-refractivity contribution in [2.45, 2.75) is 0 Å². The van der Waals surface area contributed by atoms with Crippen LogP contribution in [0.5, 0.6) is 0 Å². The van der Waals surface area contributed by atoms with Gasteiger partial charge in [-0.3, -0.25) is 0 Å². The maximum atomic E-state index is 8.68. The minimum Gasteiger partial charge on any atom is -0.423 e.